The van der Waals surface area contributed by atoms with Gasteiger partial charge in [-0.3, -0.25) is 0 Å². The van der Waals surface area contributed by atoms with Crippen LogP contribution in [0.5, 0.6) is 0 Å². The highest BCUT2D eigenvalue weighted by Gasteiger charge is 2.14. The Kier molecular flexibility index (Phi) is 2.53. The molecule has 0 radical (unpaired) electrons. The van der Waals surface area contributed by atoms with Gasteiger partial charge in [0.05, 0.1) is 0 Å². The van der Waals surface area contributed by atoms with Crippen LogP contribution in [0.2, 0.25) is 0 Å². The summed E-state index contributed by atoms with van der Waals surface area (Å²) in [6, 6.07) is 0. The number of aromatic nitrogens is 2. The summed E-state index contributed by atoms with van der Waals surface area (Å²) in [6.07, 6.45) is 3.73. The fourth-order valence-electron chi connectivity index (χ4n) is 1.62. The van der Waals surface area contributed by atoms with Gasteiger partial charge in [0.1, 0.15) is 5.84 Å². The van der Waals surface area contributed by atoms with E-state index in [4.69, 9.17) is 0 Å². The number of hydrogen-bond donors (Lipinski definition) is 1. The quantitative estimate of drug-likeness (QED) is 0.740. The number of nitrogens with one attached hydrogen (secondary N) is 1. The third-order valence-electron chi connectivity index (χ3n) is 2.54. The molecule has 0 unspecified atom stereocenters. The van der Waals surface area contributed by atoms with Gasteiger partial charge in [-0.15, -0.1) is 0 Å². The van der Waals surface area contributed by atoms with Crippen LogP contribution in [0.4, 0.5) is 5.82 Å². The molecular weight excluding hydrogens is 192 g/mol. The number of nitrogens with zero attached hydrogens (tertiary/aromatic N) is 3. The van der Waals surface area contributed by atoms with Gasteiger partial charge in [-0.25, -0.2) is 9.79 Å². The standard InChI is InChI=1S/C10H14N4O/c1-7-6-11-10(15)13-9(7)12-8-4-3-5-14(8)2/h6H,3-5H2,1-2H3,(H,11,13,15). The Hall–Kier alpha value is -1.65. The monoisotopic (exact) mass is 206 g/mol. The molecule has 0 atom stereocenters. The van der Waals surface area contributed by atoms with Crippen LogP contribution in [-0.4, -0.2) is 34.3 Å². The number of aliphatic imine (C=N–C) groups is 1. The van der Waals surface area contributed by atoms with Gasteiger partial charge < -0.3 is 9.88 Å². The largest absolute Gasteiger partial charge is 0.363 e. The van der Waals surface area contributed by atoms with E-state index in [-0.39, 0.29) is 5.69 Å². The lowest BCUT2D eigenvalue weighted by molar-refractivity contribution is 0.549. The summed E-state index contributed by atoms with van der Waals surface area (Å²) in [5.41, 5.74) is 0.544. The van der Waals surface area contributed by atoms with E-state index in [0.29, 0.717) is 5.82 Å². The van der Waals surface area contributed by atoms with Gasteiger partial charge in [-0.2, -0.15) is 4.98 Å². The van der Waals surface area contributed by atoms with E-state index in [1.165, 1.54) is 0 Å². The van der Waals surface area contributed by atoms with E-state index in [0.717, 1.165) is 30.8 Å². The normalized spacial score (nSPS) is 18.8. The molecule has 0 aromatic carbocycles. The summed E-state index contributed by atoms with van der Waals surface area (Å²) >= 11 is 0. The molecule has 0 bridgehead atoms. The van der Waals surface area contributed by atoms with Crippen LogP contribution >= 0.6 is 0 Å². The number of amidine groups is 1. The predicted octanol–water partition coefficient (Wildman–Crippen LogP) is 0.834. The molecule has 0 aliphatic carbocycles. The second kappa shape index (κ2) is 3.84. The summed E-state index contributed by atoms with van der Waals surface area (Å²) in [5, 5.41) is 0. The van der Waals surface area contributed by atoms with Crippen molar-refractivity contribution in [3.63, 3.8) is 0 Å². The van der Waals surface area contributed by atoms with Crippen LogP contribution in [0.1, 0.15) is 18.4 Å². The first kappa shape index (κ1) is 9.89. The van der Waals surface area contributed by atoms with Crippen molar-refractivity contribution in [2.24, 2.45) is 4.99 Å². The topological polar surface area (TPSA) is 61.4 Å². The van der Waals surface area contributed by atoms with E-state index in [9.17, 15) is 4.79 Å². The molecule has 1 aromatic heterocycles. The van der Waals surface area contributed by atoms with Crippen molar-refractivity contribution < 1.29 is 0 Å². The Morgan fingerprint density at radius 2 is 2.40 bits per heavy atom. The smallest absolute Gasteiger partial charge is 0.346 e. The Labute approximate surface area is 87.9 Å². The molecular formula is C10H14N4O. The first-order valence-corrected chi connectivity index (χ1v) is 5.02. The van der Waals surface area contributed by atoms with Crippen molar-refractivity contribution in [1.82, 2.24) is 14.9 Å². The molecule has 0 spiro atoms. The summed E-state index contributed by atoms with van der Waals surface area (Å²) < 4.78 is 0. The highest BCUT2D eigenvalue weighted by atomic mass is 16.1. The van der Waals surface area contributed by atoms with Gasteiger partial charge in [-0.05, 0) is 13.3 Å². The van der Waals surface area contributed by atoms with Crippen LogP contribution in [-0.2, 0) is 0 Å². The maximum absolute atomic E-state index is 11.0. The van der Waals surface area contributed by atoms with Crippen LogP contribution in [0.15, 0.2) is 16.0 Å². The molecule has 5 nitrogen and oxygen atoms in total. The molecule has 15 heavy (non-hydrogen) atoms. The number of aryl methyl sites for hydroxylation is 1. The van der Waals surface area contributed by atoms with Crippen LogP contribution in [0, 0.1) is 6.92 Å². The average Bonchev–Trinajstić information content (AvgIpc) is 2.58. The third-order valence-corrected chi connectivity index (χ3v) is 2.54. The van der Waals surface area contributed by atoms with Crippen LogP contribution < -0.4 is 5.69 Å². The minimum Gasteiger partial charge on any atom is -0.363 e. The molecule has 5 heteroatoms. The van der Waals surface area contributed by atoms with E-state index in [1.807, 2.05) is 14.0 Å². The molecule has 0 saturated carbocycles. The molecule has 1 N–H and O–H groups in total. The van der Waals surface area contributed by atoms with E-state index in [1.54, 1.807) is 6.20 Å². The van der Waals surface area contributed by atoms with E-state index < -0.39 is 0 Å². The van der Waals surface area contributed by atoms with Gasteiger partial charge in [-0.1, -0.05) is 0 Å². The average molecular weight is 206 g/mol. The van der Waals surface area contributed by atoms with E-state index in [2.05, 4.69) is 19.9 Å². The number of rotatable bonds is 1. The highest BCUT2D eigenvalue weighted by molar-refractivity contribution is 5.86. The number of hydrogen-bond acceptors (Lipinski definition) is 3. The minimum absolute atomic E-state index is 0.347. The molecule has 1 aliphatic heterocycles. The van der Waals surface area contributed by atoms with Crippen molar-refractivity contribution in [3.05, 3.63) is 22.2 Å². The van der Waals surface area contributed by atoms with Crippen molar-refractivity contribution in [3.8, 4) is 0 Å². The molecule has 1 fully saturated rings. The molecule has 1 aliphatic rings. The van der Waals surface area contributed by atoms with E-state index >= 15 is 0 Å². The summed E-state index contributed by atoms with van der Waals surface area (Å²) in [7, 11) is 2.01. The van der Waals surface area contributed by atoms with Gasteiger partial charge in [0.15, 0.2) is 5.82 Å². The first-order chi connectivity index (χ1) is 7.16. The van der Waals surface area contributed by atoms with Gasteiger partial charge in [0.2, 0.25) is 0 Å². The van der Waals surface area contributed by atoms with Crippen molar-refractivity contribution in [2.75, 3.05) is 13.6 Å². The van der Waals surface area contributed by atoms with Gasteiger partial charge in [0.25, 0.3) is 0 Å². The molecule has 1 aromatic rings. The second-order valence-corrected chi connectivity index (χ2v) is 3.77. The predicted molar refractivity (Wildman–Crippen MR) is 58.6 cm³/mol. The molecule has 1 saturated heterocycles. The minimum atomic E-state index is -0.347. The zero-order valence-electron chi connectivity index (χ0n) is 8.95. The van der Waals surface area contributed by atoms with Gasteiger partial charge >= 0.3 is 5.69 Å². The fourth-order valence-corrected chi connectivity index (χ4v) is 1.62. The maximum atomic E-state index is 11.0. The third kappa shape index (κ3) is 2.06. The lowest BCUT2D eigenvalue weighted by Gasteiger charge is -2.10. The highest BCUT2D eigenvalue weighted by Crippen LogP contribution is 2.16. The zero-order valence-corrected chi connectivity index (χ0v) is 8.95. The molecule has 2 heterocycles. The molecule has 2 rings (SSSR count). The zero-order chi connectivity index (χ0) is 10.8. The van der Waals surface area contributed by atoms with Crippen molar-refractivity contribution >= 4 is 11.7 Å². The lowest BCUT2D eigenvalue weighted by Crippen LogP contribution is -2.19. The summed E-state index contributed by atoms with van der Waals surface area (Å²) in [5.74, 6) is 1.54. The van der Waals surface area contributed by atoms with Crippen molar-refractivity contribution in [2.45, 2.75) is 19.8 Å². The first-order valence-electron chi connectivity index (χ1n) is 5.02. The van der Waals surface area contributed by atoms with Crippen molar-refractivity contribution in [1.29, 1.82) is 0 Å². The maximum Gasteiger partial charge on any atom is 0.346 e. The van der Waals surface area contributed by atoms with Crippen LogP contribution in [0.25, 0.3) is 0 Å². The fraction of sp³-hybridized carbons (Fsp3) is 0.500. The summed E-state index contributed by atoms with van der Waals surface area (Å²) in [6.45, 7) is 2.92. The number of H-pyrrole nitrogens is 1. The lowest BCUT2D eigenvalue weighted by atomic mass is 10.3. The van der Waals surface area contributed by atoms with Gasteiger partial charge in [0, 0.05) is 31.8 Å². The number of likely N-dealkylation sites (tertiary alicyclic amines) is 1. The summed E-state index contributed by atoms with van der Waals surface area (Å²) in [4.78, 5) is 23.9. The van der Waals surface area contributed by atoms with Crippen LogP contribution in [0.3, 0.4) is 0 Å². The Morgan fingerprint density at radius 3 is 3.07 bits per heavy atom. The Balaban J connectivity index is 2.38. The SMILES string of the molecule is Cc1c[nH]c(=O)nc1N=C1CCCN1C. The second-order valence-electron chi connectivity index (χ2n) is 3.77. The Bertz CT molecular complexity index is 449. The molecule has 0 amide bonds. The Morgan fingerprint density at radius 1 is 1.60 bits per heavy atom. The number of aromatic amines is 1. The molecule has 80 valence electrons.